The number of carbonyl (C=O) groups is 1. The number of hydrogen-bond donors (Lipinski definition) is 1. The average Bonchev–Trinajstić information content (AvgIpc) is 3.06. The molecule has 1 aliphatic heterocycles. The molecule has 1 N–H and O–H groups in total. The van der Waals surface area contributed by atoms with E-state index in [1.165, 1.54) is 5.56 Å². The number of carbonyl (C=O) groups excluding carboxylic acids is 1. The van der Waals surface area contributed by atoms with Gasteiger partial charge in [-0.3, -0.25) is 9.69 Å². The van der Waals surface area contributed by atoms with Crippen LogP contribution in [0.3, 0.4) is 0 Å². The Morgan fingerprint density at radius 1 is 1.00 bits per heavy atom. The first-order valence-corrected chi connectivity index (χ1v) is 9.32. The summed E-state index contributed by atoms with van der Waals surface area (Å²) in [5, 5.41) is 1.08. The Kier molecular flexibility index (Phi) is 4.59. The monoisotopic (exact) mass is 397 g/mol. The number of aromatic amines is 1. The predicted octanol–water partition coefficient (Wildman–Crippen LogP) is 3.89. The summed E-state index contributed by atoms with van der Waals surface area (Å²) in [4.78, 5) is 20.3. The molecule has 1 aromatic heterocycles. The van der Waals surface area contributed by atoms with Crippen LogP contribution in [0.15, 0.2) is 59.1 Å². The van der Waals surface area contributed by atoms with Crippen LogP contribution in [0, 0.1) is 0 Å². The number of aromatic nitrogens is 1. The lowest BCUT2D eigenvalue weighted by atomic mass is 10.2. The minimum Gasteiger partial charge on any atom is -0.351 e. The van der Waals surface area contributed by atoms with Gasteiger partial charge >= 0.3 is 0 Å². The number of para-hydroxylation sites is 1. The molecule has 1 aliphatic rings. The highest BCUT2D eigenvalue weighted by atomic mass is 79.9. The van der Waals surface area contributed by atoms with Crippen LogP contribution >= 0.6 is 15.9 Å². The summed E-state index contributed by atoms with van der Waals surface area (Å²) in [6, 6.07) is 18.4. The van der Waals surface area contributed by atoms with Gasteiger partial charge in [-0.1, -0.05) is 46.3 Å². The van der Waals surface area contributed by atoms with E-state index >= 15 is 0 Å². The molecular weight excluding hydrogens is 378 g/mol. The molecule has 0 radical (unpaired) electrons. The van der Waals surface area contributed by atoms with Gasteiger partial charge in [0.1, 0.15) is 5.69 Å². The van der Waals surface area contributed by atoms with Crippen molar-refractivity contribution < 1.29 is 4.79 Å². The molecule has 2 aromatic carbocycles. The van der Waals surface area contributed by atoms with Crippen LogP contribution in [0.1, 0.15) is 16.1 Å². The quantitative estimate of drug-likeness (QED) is 0.727. The molecule has 0 aliphatic carbocycles. The van der Waals surface area contributed by atoms with E-state index in [2.05, 4.69) is 44.0 Å². The molecule has 0 bridgehead atoms. The summed E-state index contributed by atoms with van der Waals surface area (Å²) in [6.45, 7) is 4.26. The number of halogens is 1. The fourth-order valence-corrected chi connectivity index (χ4v) is 3.81. The molecule has 0 atom stereocenters. The number of rotatable bonds is 3. The van der Waals surface area contributed by atoms with Gasteiger partial charge in [0.25, 0.3) is 5.91 Å². The minimum atomic E-state index is 0.0957. The third kappa shape index (κ3) is 3.62. The third-order valence-corrected chi connectivity index (χ3v) is 5.21. The molecule has 0 saturated carbocycles. The average molecular weight is 398 g/mol. The van der Waals surface area contributed by atoms with Crippen LogP contribution in [0.5, 0.6) is 0 Å². The topological polar surface area (TPSA) is 39.3 Å². The number of nitrogens with one attached hydrogen (secondary N) is 1. The SMILES string of the molecule is O=C(c1cc2ccccc2[nH]1)N1CCN(Cc2cccc(Br)c2)CC1. The molecule has 128 valence electrons. The van der Waals surface area contributed by atoms with Gasteiger partial charge in [0.05, 0.1) is 0 Å². The highest BCUT2D eigenvalue weighted by Gasteiger charge is 2.23. The van der Waals surface area contributed by atoms with Crippen LogP contribution in [-0.4, -0.2) is 46.9 Å². The molecular formula is C20H20BrN3O. The zero-order valence-corrected chi connectivity index (χ0v) is 15.5. The van der Waals surface area contributed by atoms with Crippen LogP contribution in [0.2, 0.25) is 0 Å². The fourth-order valence-electron chi connectivity index (χ4n) is 3.36. The van der Waals surface area contributed by atoms with Crippen molar-refractivity contribution >= 4 is 32.7 Å². The molecule has 0 spiro atoms. The molecule has 4 nitrogen and oxygen atoms in total. The number of nitrogens with zero attached hydrogens (tertiary/aromatic N) is 2. The second kappa shape index (κ2) is 7.02. The van der Waals surface area contributed by atoms with Crippen LogP contribution in [-0.2, 0) is 6.54 Å². The van der Waals surface area contributed by atoms with Crippen molar-refractivity contribution in [2.45, 2.75) is 6.54 Å². The van der Waals surface area contributed by atoms with Crippen molar-refractivity contribution in [1.29, 1.82) is 0 Å². The maximum absolute atomic E-state index is 12.7. The highest BCUT2D eigenvalue weighted by molar-refractivity contribution is 9.10. The Morgan fingerprint density at radius 2 is 1.80 bits per heavy atom. The predicted molar refractivity (Wildman–Crippen MR) is 104 cm³/mol. The van der Waals surface area contributed by atoms with E-state index in [1.807, 2.05) is 41.3 Å². The Bertz CT molecular complexity index is 864. The zero-order chi connectivity index (χ0) is 17.2. The lowest BCUT2D eigenvalue weighted by Crippen LogP contribution is -2.48. The number of H-pyrrole nitrogens is 1. The van der Waals surface area contributed by atoms with Gasteiger partial charge in [0.2, 0.25) is 0 Å². The Morgan fingerprint density at radius 3 is 2.56 bits per heavy atom. The second-order valence-corrected chi connectivity index (χ2v) is 7.38. The van der Waals surface area contributed by atoms with E-state index in [4.69, 9.17) is 0 Å². The Hall–Kier alpha value is -2.11. The molecule has 25 heavy (non-hydrogen) atoms. The van der Waals surface area contributed by atoms with E-state index in [1.54, 1.807) is 0 Å². The summed E-state index contributed by atoms with van der Waals surface area (Å²) in [7, 11) is 0. The number of amides is 1. The molecule has 1 fully saturated rings. The van der Waals surface area contributed by atoms with Crippen LogP contribution in [0.25, 0.3) is 10.9 Å². The van der Waals surface area contributed by atoms with Crippen LogP contribution < -0.4 is 0 Å². The molecule has 3 aromatic rings. The second-order valence-electron chi connectivity index (χ2n) is 6.47. The van der Waals surface area contributed by atoms with Gasteiger partial charge in [0, 0.05) is 48.1 Å². The first-order valence-electron chi connectivity index (χ1n) is 8.53. The zero-order valence-electron chi connectivity index (χ0n) is 13.9. The summed E-state index contributed by atoms with van der Waals surface area (Å²) < 4.78 is 1.11. The first kappa shape index (κ1) is 16.4. The molecule has 0 unspecified atom stereocenters. The van der Waals surface area contributed by atoms with E-state index in [9.17, 15) is 4.79 Å². The first-order chi connectivity index (χ1) is 12.2. The largest absolute Gasteiger partial charge is 0.351 e. The van der Waals surface area contributed by atoms with E-state index in [0.29, 0.717) is 5.69 Å². The van der Waals surface area contributed by atoms with Crippen LogP contribution in [0.4, 0.5) is 0 Å². The summed E-state index contributed by atoms with van der Waals surface area (Å²) in [5.41, 5.74) is 2.99. The fraction of sp³-hybridized carbons (Fsp3) is 0.250. The molecule has 4 rings (SSSR count). The number of benzene rings is 2. The van der Waals surface area contributed by atoms with Crippen molar-refractivity contribution in [3.63, 3.8) is 0 Å². The number of hydrogen-bond acceptors (Lipinski definition) is 2. The van der Waals surface area contributed by atoms with Gasteiger partial charge < -0.3 is 9.88 Å². The van der Waals surface area contributed by atoms with E-state index in [0.717, 1.165) is 48.1 Å². The summed E-state index contributed by atoms with van der Waals surface area (Å²) in [5.74, 6) is 0.0957. The minimum absolute atomic E-state index is 0.0957. The maximum atomic E-state index is 12.7. The van der Waals surface area contributed by atoms with Gasteiger partial charge in [-0.25, -0.2) is 0 Å². The van der Waals surface area contributed by atoms with E-state index < -0.39 is 0 Å². The van der Waals surface area contributed by atoms with Gasteiger partial charge in [-0.15, -0.1) is 0 Å². The third-order valence-electron chi connectivity index (χ3n) is 4.72. The van der Waals surface area contributed by atoms with Gasteiger partial charge in [-0.2, -0.15) is 0 Å². The van der Waals surface area contributed by atoms with Crippen molar-refractivity contribution in [2.75, 3.05) is 26.2 Å². The Labute approximate surface area is 155 Å². The number of piperazine rings is 1. The van der Waals surface area contributed by atoms with E-state index in [-0.39, 0.29) is 5.91 Å². The van der Waals surface area contributed by atoms with Crippen molar-refractivity contribution in [2.24, 2.45) is 0 Å². The van der Waals surface area contributed by atoms with Crippen molar-refractivity contribution in [1.82, 2.24) is 14.8 Å². The summed E-state index contributed by atoms with van der Waals surface area (Å²) >= 11 is 3.52. The highest BCUT2D eigenvalue weighted by Crippen LogP contribution is 2.18. The molecule has 1 saturated heterocycles. The maximum Gasteiger partial charge on any atom is 0.270 e. The molecule has 5 heteroatoms. The molecule has 1 amide bonds. The Balaban J connectivity index is 1.38. The lowest BCUT2D eigenvalue weighted by Gasteiger charge is -2.34. The van der Waals surface area contributed by atoms with Gasteiger partial charge in [-0.05, 0) is 29.8 Å². The lowest BCUT2D eigenvalue weighted by molar-refractivity contribution is 0.0623. The number of fused-ring (bicyclic) bond motifs is 1. The summed E-state index contributed by atoms with van der Waals surface area (Å²) in [6.07, 6.45) is 0. The normalized spacial score (nSPS) is 15.6. The smallest absolute Gasteiger partial charge is 0.270 e. The van der Waals surface area contributed by atoms with Gasteiger partial charge in [0.15, 0.2) is 0 Å². The van der Waals surface area contributed by atoms with Crippen molar-refractivity contribution in [3.05, 3.63) is 70.3 Å². The standard InChI is InChI=1S/C20H20BrN3O/c21-17-6-3-4-15(12-17)14-23-8-10-24(11-9-23)20(25)19-13-16-5-1-2-7-18(16)22-19/h1-7,12-13,22H,8-11,14H2. The van der Waals surface area contributed by atoms with Crippen molar-refractivity contribution in [3.8, 4) is 0 Å². The molecule has 2 heterocycles.